The van der Waals surface area contributed by atoms with Crippen LogP contribution in [0.3, 0.4) is 0 Å². The third-order valence-corrected chi connectivity index (χ3v) is 3.59. The standard InChI is InChI=1S/C15H18N4/c1-19(2)13-9-4-3-6-11(13)14-10-7-5-8-12(10)17-15(16)18-14/h3-4,6,9H,5,7-8H2,1-2H3,(H2,16,17,18). The second-order valence-electron chi connectivity index (χ2n) is 5.12. The highest BCUT2D eigenvalue weighted by atomic mass is 15.1. The van der Waals surface area contributed by atoms with Crippen LogP contribution in [0, 0.1) is 0 Å². The first-order valence-corrected chi connectivity index (χ1v) is 6.59. The van der Waals surface area contributed by atoms with Crippen LogP contribution in [0.5, 0.6) is 0 Å². The van der Waals surface area contributed by atoms with Gasteiger partial charge >= 0.3 is 0 Å². The first kappa shape index (κ1) is 12.0. The molecule has 3 rings (SSSR count). The average molecular weight is 254 g/mol. The molecule has 2 aromatic rings. The number of nitrogens with zero attached hydrogens (tertiary/aromatic N) is 3. The van der Waals surface area contributed by atoms with Gasteiger partial charge in [0.25, 0.3) is 0 Å². The zero-order chi connectivity index (χ0) is 13.4. The highest BCUT2D eigenvalue weighted by Gasteiger charge is 2.21. The highest BCUT2D eigenvalue weighted by Crippen LogP contribution is 2.35. The maximum atomic E-state index is 5.86. The molecule has 0 aliphatic heterocycles. The van der Waals surface area contributed by atoms with Crippen molar-refractivity contribution in [3.05, 3.63) is 35.5 Å². The molecule has 0 spiro atoms. The average Bonchev–Trinajstić information content (AvgIpc) is 2.85. The van der Waals surface area contributed by atoms with Crippen molar-refractivity contribution in [1.82, 2.24) is 9.97 Å². The van der Waals surface area contributed by atoms with E-state index in [1.54, 1.807) is 0 Å². The molecule has 0 saturated heterocycles. The van der Waals surface area contributed by atoms with Crippen molar-refractivity contribution >= 4 is 11.6 Å². The van der Waals surface area contributed by atoms with E-state index in [0.29, 0.717) is 5.95 Å². The summed E-state index contributed by atoms with van der Waals surface area (Å²) in [5.41, 5.74) is 11.6. The minimum atomic E-state index is 0.379. The number of fused-ring (bicyclic) bond motifs is 1. The molecule has 0 unspecified atom stereocenters. The summed E-state index contributed by atoms with van der Waals surface area (Å²) in [7, 11) is 4.09. The lowest BCUT2D eigenvalue weighted by atomic mass is 10.0. The van der Waals surface area contributed by atoms with Crippen LogP contribution in [0.15, 0.2) is 24.3 Å². The molecule has 0 fully saturated rings. The zero-order valence-electron chi connectivity index (χ0n) is 11.3. The number of para-hydroxylation sites is 1. The fraction of sp³-hybridized carbons (Fsp3) is 0.333. The number of rotatable bonds is 2. The smallest absolute Gasteiger partial charge is 0.220 e. The van der Waals surface area contributed by atoms with Crippen LogP contribution in [0.1, 0.15) is 17.7 Å². The van der Waals surface area contributed by atoms with Gasteiger partial charge in [0.15, 0.2) is 0 Å². The molecule has 1 aliphatic carbocycles. The van der Waals surface area contributed by atoms with E-state index < -0.39 is 0 Å². The van der Waals surface area contributed by atoms with Gasteiger partial charge < -0.3 is 10.6 Å². The van der Waals surface area contributed by atoms with Crippen LogP contribution < -0.4 is 10.6 Å². The van der Waals surface area contributed by atoms with Gasteiger partial charge in [0.1, 0.15) is 0 Å². The van der Waals surface area contributed by atoms with Gasteiger partial charge in [-0.1, -0.05) is 18.2 Å². The molecule has 0 atom stereocenters. The van der Waals surface area contributed by atoms with Crippen LogP contribution in [0.25, 0.3) is 11.3 Å². The second-order valence-corrected chi connectivity index (χ2v) is 5.12. The Kier molecular flexibility index (Phi) is 2.85. The Labute approximate surface area is 113 Å². The van der Waals surface area contributed by atoms with Crippen molar-refractivity contribution in [3.8, 4) is 11.3 Å². The Morgan fingerprint density at radius 2 is 1.89 bits per heavy atom. The van der Waals surface area contributed by atoms with Crippen LogP contribution in [0.2, 0.25) is 0 Å². The minimum absolute atomic E-state index is 0.379. The summed E-state index contributed by atoms with van der Waals surface area (Å²) in [6.45, 7) is 0. The Hall–Kier alpha value is -2.10. The highest BCUT2D eigenvalue weighted by molar-refractivity contribution is 5.79. The lowest BCUT2D eigenvalue weighted by Gasteiger charge is -2.18. The summed E-state index contributed by atoms with van der Waals surface area (Å²) >= 11 is 0. The van der Waals surface area contributed by atoms with Gasteiger partial charge in [0.05, 0.1) is 5.69 Å². The molecule has 4 heteroatoms. The third kappa shape index (κ3) is 2.03. The summed E-state index contributed by atoms with van der Waals surface area (Å²) in [5, 5.41) is 0. The summed E-state index contributed by atoms with van der Waals surface area (Å²) < 4.78 is 0. The van der Waals surface area contributed by atoms with E-state index in [0.717, 1.165) is 41.9 Å². The molecule has 1 heterocycles. The van der Waals surface area contributed by atoms with Crippen molar-refractivity contribution in [2.24, 2.45) is 0 Å². The molecule has 4 nitrogen and oxygen atoms in total. The van der Waals surface area contributed by atoms with Gasteiger partial charge in [0.2, 0.25) is 5.95 Å². The second kappa shape index (κ2) is 4.53. The van der Waals surface area contributed by atoms with E-state index in [2.05, 4.69) is 27.0 Å². The number of nitrogens with two attached hydrogens (primary N) is 1. The van der Waals surface area contributed by atoms with Crippen LogP contribution in [0.4, 0.5) is 11.6 Å². The molecule has 1 aliphatic rings. The lowest BCUT2D eigenvalue weighted by Crippen LogP contribution is -2.11. The van der Waals surface area contributed by atoms with E-state index in [9.17, 15) is 0 Å². The number of nitrogen functional groups attached to an aromatic ring is 1. The monoisotopic (exact) mass is 254 g/mol. The molecule has 0 saturated carbocycles. The summed E-state index contributed by atoms with van der Waals surface area (Å²) in [6, 6.07) is 8.30. The zero-order valence-corrected chi connectivity index (χ0v) is 11.3. The Morgan fingerprint density at radius 1 is 1.11 bits per heavy atom. The predicted octanol–water partition coefficient (Wildman–Crippen LogP) is 2.28. The minimum Gasteiger partial charge on any atom is -0.377 e. The van der Waals surface area contributed by atoms with E-state index >= 15 is 0 Å². The SMILES string of the molecule is CN(C)c1ccccc1-c1nc(N)nc2c1CCC2. The molecule has 19 heavy (non-hydrogen) atoms. The Bertz CT molecular complexity index is 620. The summed E-state index contributed by atoms with van der Waals surface area (Å²) in [4.78, 5) is 11.0. The lowest BCUT2D eigenvalue weighted by molar-refractivity contribution is 0.900. The topological polar surface area (TPSA) is 55.0 Å². The molecule has 2 N–H and O–H groups in total. The van der Waals surface area contributed by atoms with Crippen LogP contribution >= 0.6 is 0 Å². The maximum Gasteiger partial charge on any atom is 0.220 e. The van der Waals surface area contributed by atoms with E-state index in [4.69, 9.17) is 5.73 Å². The van der Waals surface area contributed by atoms with Gasteiger partial charge in [-0.25, -0.2) is 9.97 Å². The fourth-order valence-electron chi connectivity index (χ4n) is 2.74. The molecule has 0 radical (unpaired) electrons. The van der Waals surface area contributed by atoms with Gasteiger partial charge in [-0.15, -0.1) is 0 Å². The third-order valence-electron chi connectivity index (χ3n) is 3.59. The van der Waals surface area contributed by atoms with Gasteiger partial charge in [-0.2, -0.15) is 0 Å². The van der Waals surface area contributed by atoms with Crippen molar-refractivity contribution in [3.63, 3.8) is 0 Å². The van der Waals surface area contributed by atoms with Crippen molar-refractivity contribution in [1.29, 1.82) is 0 Å². The summed E-state index contributed by atoms with van der Waals surface area (Å²) in [6.07, 6.45) is 3.20. The van der Waals surface area contributed by atoms with E-state index in [-0.39, 0.29) is 0 Å². The van der Waals surface area contributed by atoms with Gasteiger partial charge in [0, 0.05) is 36.6 Å². The number of anilines is 2. The van der Waals surface area contributed by atoms with Gasteiger partial charge in [-0.05, 0) is 25.3 Å². The fourth-order valence-corrected chi connectivity index (χ4v) is 2.74. The van der Waals surface area contributed by atoms with E-state index in [1.807, 2.05) is 26.2 Å². The van der Waals surface area contributed by atoms with Crippen LogP contribution in [-0.2, 0) is 12.8 Å². The van der Waals surface area contributed by atoms with Crippen molar-refractivity contribution < 1.29 is 0 Å². The first-order valence-electron chi connectivity index (χ1n) is 6.59. The molecule has 98 valence electrons. The summed E-state index contributed by atoms with van der Waals surface area (Å²) in [5.74, 6) is 0.379. The molecule has 1 aromatic heterocycles. The van der Waals surface area contributed by atoms with Crippen molar-refractivity contribution in [2.45, 2.75) is 19.3 Å². The largest absolute Gasteiger partial charge is 0.377 e. The molecular formula is C15H18N4. The maximum absolute atomic E-state index is 5.86. The molecule has 0 amide bonds. The number of hydrogen-bond donors (Lipinski definition) is 1. The number of hydrogen-bond acceptors (Lipinski definition) is 4. The quantitative estimate of drug-likeness (QED) is 0.893. The molecule has 1 aromatic carbocycles. The number of aryl methyl sites for hydroxylation is 1. The molecular weight excluding hydrogens is 236 g/mol. The Morgan fingerprint density at radius 3 is 2.68 bits per heavy atom. The first-order chi connectivity index (χ1) is 9.16. The van der Waals surface area contributed by atoms with E-state index in [1.165, 1.54) is 5.56 Å². The number of aromatic nitrogens is 2. The van der Waals surface area contributed by atoms with Crippen LogP contribution in [-0.4, -0.2) is 24.1 Å². The van der Waals surface area contributed by atoms with Crippen molar-refractivity contribution in [2.75, 3.05) is 24.7 Å². The normalized spacial score (nSPS) is 13.4. The number of benzene rings is 1. The van der Waals surface area contributed by atoms with Gasteiger partial charge in [-0.3, -0.25) is 0 Å². The predicted molar refractivity (Wildman–Crippen MR) is 78.2 cm³/mol. The molecule has 0 bridgehead atoms. The Balaban J connectivity index is 2.23.